The van der Waals surface area contributed by atoms with E-state index in [1.807, 2.05) is 0 Å². The van der Waals surface area contributed by atoms with Gasteiger partial charge in [-0.15, -0.1) is 0 Å². The molecule has 5 aromatic rings. The van der Waals surface area contributed by atoms with Crippen molar-refractivity contribution in [2.24, 2.45) is 0 Å². The van der Waals surface area contributed by atoms with Crippen molar-refractivity contribution in [3.63, 3.8) is 0 Å². The predicted octanol–water partition coefficient (Wildman–Crippen LogP) is 12.9. The monoisotopic (exact) mass is 858 g/mol. The van der Waals surface area contributed by atoms with Crippen LogP contribution in [0.2, 0.25) is 0 Å². The van der Waals surface area contributed by atoms with Crippen LogP contribution in [0.25, 0.3) is 68.6 Å². The minimum atomic E-state index is -8.09. The summed E-state index contributed by atoms with van der Waals surface area (Å²) in [6, 6.07) is 22.3. The van der Waals surface area contributed by atoms with Gasteiger partial charge in [0.15, 0.2) is 0 Å². The number of alkyl halides is 13. The summed E-state index contributed by atoms with van der Waals surface area (Å²) < 4.78 is 190. The Morgan fingerprint density at radius 3 is 1.41 bits per heavy atom. The number of aromatic amines is 2. The largest absolute Gasteiger partial charge is 0.460 e. The summed E-state index contributed by atoms with van der Waals surface area (Å²) in [6.45, 7) is 0. The lowest BCUT2D eigenvalue weighted by molar-refractivity contribution is -0.441. The van der Waals surface area contributed by atoms with Gasteiger partial charge in [-0.1, -0.05) is 60.7 Å². The van der Waals surface area contributed by atoms with Gasteiger partial charge < -0.3 is 9.97 Å². The Morgan fingerprint density at radius 1 is 0.446 bits per heavy atom. The van der Waals surface area contributed by atoms with E-state index in [1.165, 1.54) is 0 Å². The van der Waals surface area contributed by atoms with Crippen LogP contribution in [0.15, 0.2) is 89.4 Å². The number of fused-ring (bicyclic) bond motifs is 8. The van der Waals surface area contributed by atoms with Crippen LogP contribution >= 0.6 is 15.9 Å². The first-order chi connectivity index (χ1) is 26.1. The van der Waals surface area contributed by atoms with E-state index in [0.717, 1.165) is 12.2 Å². The summed E-state index contributed by atoms with van der Waals surface area (Å²) in [6.07, 6.45) is -4.24. The molecule has 2 aromatic carbocycles. The Morgan fingerprint density at radius 2 is 0.911 bits per heavy atom. The van der Waals surface area contributed by atoms with Crippen molar-refractivity contribution in [2.45, 2.75) is 35.8 Å². The molecule has 0 unspecified atom stereocenters. The van der Waals surface area contributed by atoms with Crippen molar-refractivity contribution >= 4 is 62.3 Å². The van der Waals surface area contributed by atoms with Crippen molar-refractivity contribution < 1.29 is 57.1 Å². The van der Waals surface area contributed by atoms with Crippen molar-refractivity contribution in [2.75, 3.05) is 0 Å². The van der Waals surface area contributed by atoms with Gasteiger partial charge in [0, 0.05) is 32.1 Å². The zero-order valence-electron chi connectivity index (χ0n) is 27.6. The molecule has 2 aliphatic rings. The molecule has 0 aliphatic carbocycles. The lowest BCUT2D eigenvalue weighted by Gasteiger charge is -2.40. The Balaban J connectivity index is 1.63. The lowest BCUT2D eigenvalue weighted by atomic mass is 9.89. The van der Waals surface area contributed by atoms with Gasteiger partial charge in [-0.25, -0.2) is 9.97 Å². The number of nitrogens with one attached hydrogen (secondary N) is 2. The van der Waals surface area contributed by atoms with E-state index in [1.54, 1.807) is 84.9 Å². The average Bonchev–Trinajstić information content (AvgIpc) is 3.95. The van der Waals surface area contributed by atoms with Gasteiger partial charge in [0.05, 0.1) is 33.9 Å². The van der Waals surface area contributed by atoms with Gasteiger partial charge in [0.25, 0.3) is 0 Å². The fourth-order valence-corrected chi connectivity index (χ4v) is 6.68. The van der Waals surface area contributed by atoms with E-state index in [4.69, 9.17) is 0 Å². The molecule has 0 spiro atoms. The average molecular weight is 859 g/mol. The molecule has 2 N–H and O–H groups in total. The fourth-order valence-electron chi connectivity index (χ4n) is 6.24. The highest BCUT2D eigenvalue weighted by Crippen LogP contribution is 2.62. The molecule has 0 saturated heterocycles. The van der Waals surface area contributed by atoms with Gasteiger partial charge in [-0.2, -0.15) is 57.1 Å². The molecular formula is C38H20BrF13N4. The second-order valence-electron chi connectivity index (χ2n) is 12.6. The Bertz CT molecular complexity index is 2570. The molecule has 0 radical (unpaired) electrons. The molecule has 8 bridgehead atoms. The number of H-pyrrole nitrogens is 2. The molecule has 0 atom stereocenters. The van der Waals surface area contributed by atoms with Crippen LogP contribution in [0, 0.1) is 0 Å². The number of hydrogen-bond donors (Lipinski definition) is 2. The molecule has 0 amide bonds. The number of benzene rings is 2. The van der Waals surface area contributed by atoms with Gasteiger partial charge in [0.1, 0.15) is 0 Å². The smallest absolute Gasteiger partial charge is 0.355 e. The third-order valence-corrected chi connectivity index (χ3v) is 9.68. The van der Waals surface area contributed by atoms with Crippen molar-refractivity contribution in [3.8, 4) is 22.3 Å². The molecular weight excluding hydrogens is 839 g/mol. The maximum absolute atomic E-state index is 16.4. The second kappa shape index (κ2) is 13.1. The zero-order chi connectivity index (χ0) is 40.6. The zero-order valence-corrected chi connectivity index (χ0v) is 29.2. The summed E-state index contributed by atoms with van der Waals surface area (Å²) in [5.41, 5.74) is -2.86. The molecule has 18 heteroatoms. The minimum Gasteiger partial charge on any atom is -0.355 e. The van der Waals surface area contributed by atoms with Crippen LogP contribution in [0.1, 0.15) is 28.3 Å². The standard InChI is InChI=1S/C38H20BrF13N4/c39-22-18-29-31(20-9-5-2-6-10-20)25-14-16-27(55-25)32(33(40,41)34(42,43)35(44,45)36(46,47)37(48,49)38(50,51)52)26-15-13-24(54-26)30(19-7-3-1-4-8-19)23-12-11-21(53-23)17-28(22)56-29/h1-18,53,56H. The van der Waals surface area contributed by atoms with Crippen molar-refractivity contribution in [3.05, 3.63) is 118 Å². The first-order valence-electron chi connectivity index (χ1n) is 16.0. The van der Waals surface area contributed by atoms with Crippen LogP contribution in [-0.4, -0.2) is 49.8 Å². The van der Waals surface area contributed by atoms with Crippen LogP contribution in [0.3, 0.4) is 0 Å². The summed E-state index contributed by atoms with van der Waals surface area (Å²) in [5.74, 6) is -38.3. The van der Waals surface area contributed by atoms with Crippen molar-refractivity contribution in [1.82, 2.24) is 19.9 Å². The van der Waals surface area contributed by atoms with Gasteiger partial charge in [-0.3, -0.25) is 0 Å². The molecule has 5 heterocycles. The third-order valence-electron chi connectivity index (χ3n) is 9.02. The topological polar surface area (TPSA) is 57.4 Å². The van der Waals surface area contributed by atoms with E-state index in [0.29, 0.717) is 38.8 Å². The summed E-state index contributed by atoms with van der Waals surface area (Å²) >= 11 is 3.46. The maximum Gasteiger partial charge on any atom is 0.460 e. The van der Waals surface area contributed by atoms with E-state index in [9.17, 15) is 30.7 Å². The second-order valence-corrected chi connectivity index (χ2v) is 13.4. The van der Waals surface area contributed by atoms with Crippen LogP contribution in [0.4, 0.5) is 57.1 Å². The highest BCUT2D eigenvalue weighted by atomic mass is 79.9. The summed E-state index contributed by atoms with van der Waals surface area (Å²) in [7, 11) is 0. The van der Waals surface area contributed by atoms with E-state index in [2.05, 4.69) is 35.9 Å². The highest BCUT2D eigenvalue weighted by Gasteiger charge is 2.91. The van der Waals surface area contributed by atoms with Crippen molar-refractivity contribution in [1.29, 1.82) is 0 Å². The fraction of sp³-hybridized carbons (Fsp3) is 0.158. The Hall–Kier alpha value is -5.39. The first-order valence-corrected chi connectivity index (χ1v) is 16.8. The maximum atomic E-state index is 16.4. The highest BCUT2D eigenvalue weighted by molar-refractivity contribution is 9.10. The minimum absolute atomic E-state index is 0.128. The lowest BCUT2D eigenvalue weighted by Crippen LogP contribution is -2.69. The normalized spacial score (nSPS) is 14.1. The van der Waals surface area contributed by atoms with E-state index >= 15 is 26.3 Å². The van der Waals surface area contributed by atoms with E-state index < -0.39 is 52.7 Å². The molecule has 0 fully saturated rings. The molecule has 290 valence electrons. The van der Waals surface area contributed by atoms with Gasteiger partial charge in [0.2, 0.25) is 0 Å². The Kier molecular flexibility index (Phi) is 9.09. The molecule has 2 aliphatic heterocycles. The predicted molar refractivity (Wildman–Crippen MR) is 187 cm³/mol. The number of rotatable bonds is 7. The molecule has 0 saturated carbocycles. The summed E-state index contributed by atoms with van der Waals surface area (Å²) in [4.78, 5) is 14.3. The van der Waals surface area contributed by atoms with E-state index in [-0.39, 0.29) is 33.5 Å². The Labute approximate surface area is 314 Å². The van der Waals surface area contributed by atoms with Gasteiger partial charge >= 0.3 is 35.8 Å². The molecule has 3 aromatic heterocycles. The van der Waals surface area contributed by atoms with Crippen LogP contribution in [0.5, 0.6) is 0 Å². The number of hydrogen-bond acceptors (Lipinski definition) is 2. The number of nitrogens with zero attached hydrogens (tertiary/aromatic N) is 2. The molecule has 7 rings (SSSR count). The molecule has 4 nitrogen and oxygen atoms in total. The summed E-state index contributed by atoms with van der Waals surface area (Å²) in [5, 5.41) is 0. The van der Waals surface area contributed by atoms with Gasteiger partial charge in [-0.05, 0) is 75.6 Å². The van der Waals surface area contributed by atoms with Crippen LogP contribution in [-0.2, 0) is 5.92 Å². The quantitative estimate of drug-likeness (QED) is 0.157. The first kappa shape index (κ1) is 38.9. The third kappa shape index (κ3) is 5.90. The number of aromatic nitrogens is 4. The SMILES string of the molecule is FC(F)(F)C(F)(F)C(F)(F)C(F)(F)C(F)(F)C(F)(F)c1c2nc(c(-c3ccccc3)c3ccc(cc4[nH]c(cc4Br)c(-c4ccccc4)c4nc1C=C4)[nH]3)C=C2. The molecule has 56 heavy (non-hydrogen) atoms. The van der Waals surface area contributed by atoms with Crippen LogP contribution < -0.4 is 0 Å². The number of halogens is 14.